The molecule has 1 fully saturated rings. The summed E-state index contributed by atoms with van der Waals surface area (Å²) in [7, 11) is 0. The second-order valence-corrected chi connectivity index (χ2v) is 5.92. The number of aliphatic carboxylic acids is 1. The molecule has 1 aromatic rings. The Balaban J connectivity index is 2.01. The topological polar surface area (TPSA) is 69.6 Å². The first-order chi connectivity index (χ1) is 10.1. The molecule has 2 N–H and O–H groups in total. The Morgan fingerprint density at radius 1 is 1.43 bits per heavy atom. The van der Waals surface area contributed by atoms with E-state index in [1.165, 1.54) is 4.90 Å². The van der Waals surface area contributed by atoms with Crippen LogP contribution in [0.5, 0.6) is 0 Å². The summed E-state index contributed by atoms with van der Waals surface area (Å²) >= 11 is 0. The second-order valence-electron chi connectivity index (χ2n) is 5.92. The zero-order valence-corrected chi connectivity index (χ0v) is 12.1. The molecule has 0 spiro atoms. The van der Waals surface area contributed by atoms with Gasteiger partial charge in [-0.15, -0.1) is 0 Å². The van der Waals surface area contributed by atoms with E-state index in [-0.39, 0.29) is 5.91 Å². The van der Waals surface area contributed by atoms with Gasteiger partial charge in [-0.3, -0.25) is 9.69 Å². The van der Waals surface area contributed by atoms with Crippen LogP contribution in [0.3, 0.4) is 0 Å². The predicted octanol–water partition coefficient (Wildman–Crippen LogP) is 1.42. The fourth-order valence-corrected chi connectivity index (χ4v) is 3.47. The summed E-state index contributed by atoms with van der Waals surface area (Å²) in [6.45, 7) is 3.45. The van der Waals surface area contributed by atoms with Crippen LogP contribution in [0.2, 0.25) is 0 Å². The minimum Gasteiger partial charge on any atom is -0.480 e. The molecule has 21 heavy (non-hydrogen) atoms. The van der Waals surface area contributed by atoms with Gasteiger partial charge in [0.2, 0.25) is 5.91 Å². The van der Waals surface area contributed by atoms with Crippen molar-refractivity contribution >= 4 is 17.6 Å². The Morgan fingerprint density at radius 2 is 2.19 bits per heavy atom. The minimum absolute atomic E-state index is 0.0487. The SMILES string of the molecule is CCC1(C(=O)N2c3ccccc3CC2C(=O)O)CCNC1. The van der Waals surface area contributed by atoms with Gasteiger partial charge in [0.05, 0.1) is 5.41 Å². The standard InChI is InChI=1S/C16H20N2O3/c1-2-16(7-8-17-10-16)15(21)18-12-6-4-3-5-11(12)9-13(18)14(19)20/h3-6,13,17H,2,7-10H2,1H3,(H,19,20). The van der Waals surface area contributed by atoms with E-state index in [2.05, 4.69) is 5.32 Å². The number of hydrogen-bond donors (Lipinski definition) is 2. The lowest BCUT2D eigenvalue weighted by molar-refractivity contribution is -0.141. The molecule has 2 heterocycles. The van der Waals surface area contributed by atoms with Crippen LogP contribution in [0, 0.1) is 5.41 Å². The number of benzene rings is 1. The number of nitrogens with one attached hydrogen (secondary N) is 1. The fourth-order valence-electron chi connectivity index (χ4n) is 3.47. The summed E-state index contributed by atoms with van der Waals surface area (Å²) in [5, 5.41) is 12.7. The molecule has 112 valence electrons. The van der Waals surface area contributed by atoms with E-state index in [1.54, 1.807) is 0 Å². The first-order valence-corrected chi connectivity index (χ1v) is 7.44. The maximum Gasteiger partial charge on any atom is 0.327 e. The molecule has 1 amide bonds. The smallest absolute Gasteiger partial charge is 0.327 e. The van der Waals surface area contributed by atoms with Crippen molar-refractivity contribution in [1.82, 2.24) is 5.32 Å². The lowest BCUT2D eigenvalue weighted by Crippen LogP contribution is -2.51. The molecule has 2 atom stereocenters. The van der Waals surface area contributed by atoms with Crippen molar-refractivity contribution in [2.24, 2.45) is 5.41 Å². The average Bonchev–Trinajstić information content (AvgIpc) is 3.11. The molecule has 2 aliphatic heterocycles. The molecule has 5 heteroatoms. The Morgan fingerprint density at radius 3 is 2.81 bits per heavy atom. The zero-order chi connectivity index (χ0) is 15.0. The number of amides is 1. The van der Waals surface area contributed by atoms with E-state index in [4.69, 9.17) is 0 Å². The van der Waals surface area contributed by atoms with Crippen molar-refractivity contribution in [2.75, 3.05) is 18.0 Å². The molecule has 1 aromatic carbocycles. The maximum atomic E-state index is 13.1. The number of fused-ring (bicyclic) bond motifs is 1. The van der Waals surface area contributed by atoms with Crippen LogP contribution >= 0.6 is 0 Å². The molecule has 0 saturated carbocycles. The molecule has 3 rings (SSSR count). The minimum atomic E-state index is -0.934. The van der Waals surface area contributed by atoms with Gasteiger partial charge in [0.15, 0.2) is 0 Å². The van der Waals surface area contributed by atoms with Crippen LogP contribution in [0.15, 0.2) is 24.3 Å². The first-order valence-electron chi connectivity index (χ1n) is 7.44. The quantitative estimate of drug-likeness (QED) is 0.882. The van der Waals surface area contributed by atoms with Crippen LogP contribution in [0.4, 0.5) is 5.69 Å². The number of hydrogen-bond acceptors (Lipinski definition) is 3. The van der Waals surface area contributed by atoms with E-state index < -0.39 is 17.4 Å². The summed E-state index contributed by atoms with van der Waals surface area (Å²) in [4.78, 5) is 26.2. The van der Waals surface area contributed by atoms with E-state index in [1.807, 2.05) is 31.2 Å². The van der Waals surface area contributed by atoms with E-state index in [0.717, 1.165) is 30.6 Å². The Kier molecular flexibility index (Phi) is 3.45. The van der Waals surface area contributed by atoms with E-state index in [0.29, 0.717) is 13.0 Å². The second kappa shape index (κ2) is 5.15. The molecular formula is C16H20N2O3. The van der Waals surface area contributed by atoms with Crippen LogP contribution in [0.1, 0.15) is 25.3 Å². The third-order valence-electron chi connectivity index (χ3n) is 4.85. The average molecular weight is 288 g/mol. The number of para-hydroxylation sites is 1. The lowest BCUT2D eigenvalue weighted by Gasteiger charge is -2.33. The summed E-state index contributed by atoms with van der Waals surface area (Å²) in [6, 6.07) is 6.72. The number of carboxylic acids is 1. The Hall–Kier alpha value is -1.88. The number of nitrogens with zero attached hydrogens (tertiary/aromatic N) is 1. The molecule has 2 aliphatic rings. The van der Waals surface area contributed by atoms with Gasteiger partial charge in [0, 0.05) is 18.7 Å². The molecule has 0 aromatic heterocycles. The van der Waals surface area contributed by atoms with Gasteiger partial charge in [-0.1, -0.05) is 25.1 Å². The van der Waals surface area contributed by atoms with Crippen molar-refractivity contribution in [3.05, 3.63) is 29.8 Å². The number of carboxylic acid groups (broad SMARTS) is 1. The summed E-state index contributed by atoms with van der Waals surface area (Å²) < 4.78 is 0. The third-order valence-corrected chi connectivity index (χ3v) is 4.85. The van der Waals surface area contributed by atoms with E-state index >= 15 is 0 Å². The van der Waals surface area contributed by atoms with Crippen molar-refractivity contribution in [1.29, 1.82) is 0 Å². The highest BCUT2D eigenvalue weighted by molar-refractivity contribution is 6.04. The molecule has 0 radical (unpaired) electrons. The van der Waals surface area contributed by atoms with Crippen molar-refractivity contribution in [3.8, 4) is 0 Å². The number of carbonyl (C=O) groups is 2. The third kappa shape index (κ3) is 2.12. The molecule has 2 unspecified atom stereocenters. The Labute approximate surface area is 123 Å². The summed E-state index contributed by atoms with van der Waals surface area (Å²) in [5.74, 6) is -0.982. The maximum absolute atomic E-state index is 13.1. The highest BCUT2D eigenvalue weighted by Gasteiger charge is 2.48. The fraction of sp³-hybridized carbons (Fsp3) is 0.500. The van der Waals surface area contributed by atoms with Gasteiger partial charge in [-0.2, -0.15) is 0 Å². The molecule has 0 aliphatic carbocycles. The van der Waals surface area contributed by atoms with Gasteiger partial charge in [-0.25, -0.2) is 4.79 Å². The molecular weight excluding hydrogens is 268 g/mol. The number of rotatable bonds is 3. The van der Waals surface area contributed by atoms with Crippen molar-refractivity contribution < 1.29 is 14.7 Å². The zero-order valence-electron chi connectivity index (χ0n) is 12.1. The van der Waals surface area contributed by atoms with Crippen molar-refractivity contribution in [3.63, 3.8) is 0 Å². The molecule has 5 nitrogen and oxygen atoms in total. The largest absolute Gasteiger partial charge is 0.480 e. The summed E-state index contributed by atoms with van der Waals surface area (Å²) in [6.07, 6.45) is 1.89. The normalized spacial score (nSPS) is 27.7. The van der Waals surface area contributed by atoms with Crippen molar-refractivity contribution in [2.45, 2.75) is 32.2 Å². The number of anilines is 1. The van der Waals surface area contributed by atoms with E-state index in [9.17, 15) is 14.7 Å². The molecule has 0 bridgehead atoms. The Bertz CT molecular complexity index is 579. The van der Waals surface area contributed by atoms with Crippen LogP contribution in [-0.2, 0) is 16.0 Å². The van der Waals surface area contributed by atoms with Crippen LogP contribution in [0.25, 0.3) is 0 Å². The van der Waals surface area contributed by atoms with Gasteiger partial charge in [0.1, 0.15) is 6.04 Å². The monoisotopic (exact) mass is 288 g/mol. The molecule has 1 saturated heterocycles. The van der Waals surface area contributed by atoms with Gasteiger partial charge < -0.3 is 10.4 Å². The first kappa shape index (κ1) is 14.1. The van der Waals surface area contributed by atoms with Crippen LogP contribution in [-0.4, -0.2) is 36.1 Å². The highest BCUT2D eigenvalue weighted by atomic mass is 16.4. The number of carbonyl (C=O) groups excluding carboxylic acids is 1. The van der Waals surface area contributed by atoms with Gasteiger partial charge in [-0.05, 0) is 31.0 Å². The van der Waals surface area contributed by atoms with Gasteiger partial charge >= 0.3 is 5.97 Å². The van der Waals surface area contributed by atoms with Gasteiger partial charge in [0.25, 0.3) is 0 Å². The summed E-state index contributed by atoms with van der Waals surface area (Å²) in [5.41, 5.74) is 1.23. The highest BCUT2D eigenvalue weighted by Crippen LogP contribution is 2.39. The lowest BCUT2D eigenvalue weighted by atomic mass is 9.82. The predicted molar refractivity (Wildman–Crippen MR) is 79.3 cm³/mol. The van der Waals surface area contributed by atoms with Crippen LogP contribution < -0.4 is 10.2 Å².